The summed E-state index contributed by atoms with van der Waals surface area (Å²) in [6.07, 6.45) is 10.8. The van der Waals surface area contributed by atoms with Crippen LogP contribution in [0, 0.1) is 0 Å². The Morgan fingerprint density at radius 3 is 2.33 bits per heavy atom. The van der Waals surface area contributed by atoms with Gasteiger partial charge in [-0.3, -0.25) is 0 Å². The van der Waals surface area contributed by atoms with E-state index in [1.165, 1.54) is 51.4 Å². The molecule has 1 saturated heterocycles. The molecule has 2 heteroatoms. The summed E-state index contributed by atoms with van der Waals surface area (Å²) in [5, 5.41) is 0.795. The van der Waals surface area contributed by atoms with E-state index >= 15 is 0 Å². The first kappa shape index (κ1) is 13.4. The maximum atomic E-state index is 5.81. The minimum absolute atomic E-state index is 0.517. The van der Waals surface area contributed by atoms with Crippen molar-refractivity contribution in [3.63, 3.8) is 0 Å². The van der Waals surface area contributed by atoms with Crippen LogP contribution in [-0.4, -0.2) is 17.3 Å². The molecule has 0 amide bonds. The second-order valence-electron chi connectivity index (χ2n) is 4.51. The van der Waals surface area contributed by atoms with Gasteiger partial charge in [0.25, 0.3) is 0 Å². The molecule has 1 fully saturated rings. The summed E-state index contributed by atoms with van der Waals surface area (Å²) >= 11 is 2.09. The van der Waals surface area contributed by atoms with Gasteiger partial charge < -0.3 is 4.74 Å². The molecule has 1 heterocycles. The topological polar surface area (TPSA) is 9.23 Å². The van der Waals surface area contributed by atoms with Gasteiger partial charge in [-0.05, 0) is 12.8 Å². The highest BCUT2D eigenvalue weighted by atomic mass is 32.2. The van der Waals surface area contributed by atoms with E-state index in [1.807, 2.05) is 0 Å². The normalized spacial score (nSPS) is 26.0. The molecule has 1 rings (SSSR count). The van der Waals surface area contributed by atoms with Crippen LogP contribution in [0.4, 0.5) is 0 Å². The molecule has 0 bridgehead atoms. The van der Waals surface area contributed by atoms with Gasteiger partial charge in [0.15, 0.2) is 0 Å². The van der Waals surface area contributed by atoms with E-state index in [9.17, 15) is 0 Å². The average molecular weight is 230 g/mol. The van der Waals surface area contributed by atoms with E-state index in [1.54, 1.807) is 0 Å². The summed E-state index contributed by atoms with van der Waals surface area (Å²) in [5.74, 6) is 0. The lowest BCUT2D eigenvalue weighted by molar-refractivity contribution is 0.124. The van der Waals surface area contributed by atoms with Crippen molar-refractivity contribution < 1.29 is 4.74 Å². The first-order chi connectivity index (χ1) is 7.36. The Labute approximate surface area is 99.3 Å². The Kier molecular flexibility index (Phi) is 7.54. The van der Waals surface area contributed by atoms with Crippen molar-refractivity contribution in [2.24, 2.45) is 0 Å². The molecule has 2 unspecified atom stereocenters. The summed E-state index contributed by atoms with van der Waals surface area (Å²) in [4.78, 5) is 0. The van der Waals surface area contributed by atoms with Gasteiger partial charge in [0.05, 0.1) is 6.61 Å². The lowest BCUT2D eigenvalue weighted by atomic mass is 10.1. The zero-order chi connectivity index (χ0) is 10.9. The molecule has 15 heavy (non-hydrogen) atoms. The van der Waals surface area contributed by atoms with Crippen molar-refractivity contribution in [1.82, 2.24) is 0 Å². The maximum absolute atomic E-state index is 5.81. The van der Waals surface area contributed by atoms with Crippen LogP contribution in [0.3, 0.4) is 0 Å². The fourth-order valence-electron chi connectivity index (χ4n) is 1.99. The molecule has 90 valence electrons. The summed E-state index contributed by atoms with van der Waals surface area (Å²) < 4.78 is 5.81. The summed E-state index contributed by atoms with van der Waals surface area (Å²) in [6.45, 7) is 5.53. The Bertz CT molecular complexity index is 133. The molecule has 0 aliphatic carbocycles. The van der Waals surface area contributed by atoms with Crippen molar-refractivity contribution in [2.75, 3.05) is 6.61 Å². The minimum atomic E-state index is 0.517. The number of ether oxygens (including phenoxy) is 1. The van der Waals surface area contributed by atoms with Crippen molar-refractivity contribution in [3.05, 3.63) is 0 Å². The molecule has 0 aromatic heterocycles. The second kappa shape index (κ2) is 8.46. The van der Waals surface area contributed by atoms with Crippen LogP contribution in [-0.2, 0) is 4.74 Å². The Morgan fingerprint density at radius 2 is 1.67 bits per heavy atom. The third-order valence-electron chi connectivity index (χ3n) is 2.99. The van der Waals surface area contributed by atoms with Gasteiger partial charge in [0.2, 0.25) is 0 Å². The number of rotatable bonds is 8. The average Bonchev–Trinajstić information content (AvgIpc) is 2.67. The fourth-order valence-corrected chi connectivity index (χ4v) is 3.34. The van der Waals surface area contributed by atoms with Gasteiger partial charge in [0, 0.05) is 5.25 Å². The van der Waals surface area contributed by atoms with Gasteiger partial charge in [0.1, 0.15) is 5.44 Å². The zero-order valence-corrected chi connectivity index (χ0v) is 11.2. The summed E-state index contributed by atoms with van der Waals surface area (Å²) in [5.41, 5.74) is 0.517. The number of unbranched alkanes of at least 4 members (excludes halogenated alkanes) is 4. The maximum Gasteiger partial charge on any atom is 0.103 e. The van der Waals surface area contributed by atoms with E-state index in [4.69, 9.17) is 4.74 Å². The van der Waals surface area contributed by atoms with E-state index in [0.29, 0.717) is 5.44 Å². The molecular weight excluding hydrogens is 204 g/mol. The summed E-state index contributed by atoms with van der Waals surface area (Å²) in [7, 11) is 0. The van der Waals surface area contributed by atoms with Crippen LogP contribution in [0.1, 0.15) is 65.2 Å². The predicted octanol–water partition coefficient (Wildman–Crippen LogP) is 4.61. The van der Waals surface area contributed by atoms with Gasteiger partial charge in [-0.1, -0.05) is 52.4 Å². The Balaban J connectivity index is 1.99. The lowest BCUT2D eigenvalue weighted by Gasteiger charge is -2.08. The van der Waals surface area contributed by atoms with Crippen LogP contribution < -0.4 is 0 Å². The monoisotopic (exact) mass is 230 g/mol. The van der Waals surface area contributed by atoms with E-state index in [2.05, 4.69) is 25.6 Å². The third kappa shape index (κ3) is 5.82. The predicted molar refractivity (Wildman–Crippen MR) is 69.4 cm³/mol. The van der Waals surface area contributed by atoms with Crippen LogP contribution in [0.25, 0.3) is 0 Å². The highest BCUT2D eigenvalue weighted by Gasteiger charge is 2.24. The molecule has 2 atom stereocenters. The second-order valence-corrected chi connectivity index (χ2v) is 5.98. The Hall–Kier alpha value is 0.310. The van der Waals surface area contributed by atoms with Crippen LogP contribution >= 0.6 is 11.8 Å². The molecule has 0 spiro atoms. The van der Waals surface area contributed by atoms with E-state index in [-0.39, 0.29) is 0 Å². The molecule has 0 radical (unpaired) electrons. The van der Waals surface area contributed by atoms with Crippen molar-refractivity contribution in [3.8, 4) is 0 Å². The molecule has 1 aliphatic rings. The van der Waals surface area contributed by atoms with E-state index < -0.39 is 0 Å². The van der Waals surface area contributed by atoms with Crippen LogP contribution in [0.5, 0.6) is 0 Å². The number of hydrogen-bond acceptors (Lipinski definition) is 2. The Morgan fingerprint density at radius 1 is 1.00 bits per heavy atom. The van der Waals surface area contributed by atoms with Crippen molar-refractivity contribution >= 4 is 11.8 Å². The zero-order valence-electron chi connectivity index (χ0n) is 10.3. The summed E-state index contributed by atoms with van der Waals surface area (Å²) in [6, 6.07) is 0. The number of hydrogen-bond donors (Lipinski definition) is 0. The van der Waals surface area contributed by atoms with Crippen LogP contribution in [0.2, 0.25) is 0 Å². The third-order valence-corrected chi connectivity index (χ3v) is 4.42. The van der Waals surface area contributed by atoms with Crippen molar-refractivity contribution in [1.29, 1.82) is 0 Å². The van der Waals surface area contributed by atoms with Gasteiger partial charge in [-0.25, -0.2) is 0 Å². The standard InChI is InChI=1S/C13H26OS/c1-3-5-7-9-12-11-14-13(15-12)10-8-6-4-2/h12-13H,3-11H2,1-2H3. The molecule has 0 saturated carbocycles. The van der Waals surface area contributed by atoms with Crippen molar-refractivity contribution in [2.45, 2.75) is 75.9 Å². The highest BCUT2D eigenvalue weighted by Crippen LogP contribution is 2.33. The molecule has 1 aliphatic heterocycles. The lowest BCUT2D eigenvalue weighted by Crippen LogP contribution is -2.02. The highest BCUT2D eigenvalue weighted by molar-refractivity contribution is 8.00. The SMILES string of the molecule is CCCCCC1COC(CCCCC)S1. The van der Waals surface area contributed by atoms with Gasteiger partial charge >= 0.3 is 0 Å². The largest absolute Gasteiger partial charge is 0.366 e. The fraction of sp³-hybridized carbons (Fsp3) is 1.00. The molecule has 0 N–H and O–H groups in total. The molecule has 0 aromatic carbocycles. The minimum Gasteiger partial charge on any atom is -0.366 e. The van der Waals surface area contributed by atoms with Gasteiger partial charge in [-0.15, -0.1) is 11.8 Å². The van der Waals surface area contributed by atoms with Gasteiger partial charge in [-0.2, -0.15) is 0 Å². The first-order valence-electron chi connectivity index (χ1n) is 6.63. The molecule has 1 nitrogen and oxygen atoms in total. The number of thioether (sulfide) groups is 1. The first-order valence-corrected chi connectivity index (χ1v) is 7.58. The smallest absolute Gasteiger partial charge is 0.103 e. The van der Waals surface area contributed by atoms with E-state index in [0.717, 1.165) is 11.9 Å². The molecule has 0 aromatic rings. The quantitative estimate of drug-likeness (QED) is 0.563. The molecular formula is C13H26OS. The van der Waals surface area contributed by atoms with Crippen LogP contribution in [0.15, 0.2) is 0 Å².